The van der Waals surface area contributed by atoms with Crippen LogP contribution in [0.3, 0.4) is 0 Å². The number of hydrogen-bond donors (Lipinski definition) is 0. The van der Waals surface area contributed by atoms with Crippen molar-refractivity contribution in [3.8, 4) is 0 Å². The second-order valence-corrected chi connectivity index (χ2v) is 4.13. The minimum Gasteiger partial charge on any atom is -0.123 e. The van der Waals surface area contributed by atoms with E-state index < -0.39 is 0 Å². The van der Waals surface area contributed by atoms with E-state index in [1.165, 1.54) is 17.7 Å². The Morgan fingerprint density at radius 2 is 2.30 bits per heavy atom. The fraction of sp³-hybridized carbons (Fsp3) is 0.444. The second kappa shape index (κ2) is 2.83. The first kappa shape index (κ1) is 6.53. The number of thioether (sulfide) groups is 1. The van der Waals surface area contributed by atoms with Crippen LogP contribution in [0, 0.1) is 6.42 Å². The quantitative estimate of drug-likeness (QED) is 0.584. The van der Waals surface area contributed by atoms with Crippen molar-refractivity contribution in [1.29, 1.82) is 0 Å². The molecule has 0 unspecified atom stereocenters. The van der Waals surface area contributed by atoms with Gasteiger partial charge >= 0.3 is 0 Å². The van der Waals surface area contributed by atoms with Crippen molar-refractivity contribution in [3.05, 3.63) is 29.6 Å². The van der Waals surface area contributed by atoms with Crippen LogP contribution in [0.4, 0.5) is 0 Å². The molecule has 0 aliphatic heterocycles. The average molecular weight is 151 g/mol. The summed E-state index contributed by atoms with van der Waals surface area (Å²) in [4.78, 5) is 1.48. The lowest BCUT2D eigenvalue weighted by Crippen LogP contribution is -1.82. The van der Waals surface area contributed by atoms with Crippen LogP contribution in [-0.4, -0.2) is 5.25 Å². The van der Waals surface area contributed by atoms with Crippen LogP contribution in [0.1, 0.15) is 19.3 Å². The highest BCUT2D eigenvalue weighted by molar-refractivity contribution is 8.04. The van der Waals surface area contributed by atoms with Gasteiger partial charge in [0, 0.05) is 10.2 Å². The van der Waals surface area contributed by atoms with Gasteiger partial charge in [-0.1, -0.05) is 18.2 Å². The molecule has 0 atom stereocenters. The molecule has 0 amide bonds. The fourth-order valence-corrected chi connectivity index (χ4v) is 2.07. The Balaban J connectivity index is 1.89. The summed E-state index contributed by atoms with van der Waals surface area (Å²) in [6.45, 7) is 0. The van der Waals surface area contributed by atoms with Crippen molar-refractivity contribution < 1.29 is 0 Å². The number of rotatable bonds is 2. The van der Waals surface area contributed by atoms with Gasteiger partial charge in [-0.3, -0.25) is 0 Å². The van der Waals surface area contributed by atoms with Crippen LogP contribution < -0.4 is 0 Å². The summed E-state index contributed by atoms with van der Waals surface area (Å²) in [6.07, 6.45) is 12.9. The molecular weight excluding hydrogens is 140 g/mol. The van der Waals surface area contributed by atoms with Crippen LogP contribution in [0.2, 0.25) is 0 Å². The first-order chi connectivity index (χ1) is 4.95. The fourth-order valence-electron chi connectivity index (χ4n) is 0.959. The van der Waals surface area contributed by atoms with E-state index >= 15 is 0 Å². The molecule has 0 N–H and O–H groups in total. The van der Waals surface area contributed by atoms with Gasteiger partial charge in [0.1, 0.15) is 0 Å². The SMILES string of the molecule is [CH]1C=CC(SC2CC2)=CC1. The van der Waals surface area contributed by atoms with E-state index in [4.69, 9.17) is 0 Å². The van der Waals surface area contributed by atoms with Crippen molar-refractivity contribution in [2.75, 3.05) is 0 Å². The van der Waals surface area contributed by atoms with Gasteiger partial charge in [0.15, 0.2) is 0 Å². The molecule has 0 spiro atoms. The predicted molar refractivity (Wildman–Crippen MR) is 46.8 cm³/mol. The zero-order chi connectivity index (χ0) is 6.81. The van der Waals surface area contributed by atoms with Crippen LogP contribution >= 0.6 is 11.8 Å². The Morgan fingerprint density at radius 1 is 1.40 bits per heavy atom. The molecule has 0 nitrogen and oxygen atoms in total. The summed E-state index contributed by atoms with van der Waals surface area (Å²) in [5.41, 5.74) is 0. The maximum atomic E-state index is 2.31. The largest absolute Gasteiger partial charge is 0.123 e. The smallest absolute Gasteiger partial charge is 0.00950 e. The minimum absolute atomic E-state index is 0.953. The number of allylic oxidation sites excluding steroid dienone is 3. The van der Waals surface area contributed by atoms with Gasteiger partial charge < -0.3 is 0 Å². The van der Waals surface area contributed by atoms with Gasteiger partial charge in [0.05, 0.1) is 0 Å². The molecule has 0 aromatic carbocycles. The zero-order valence-electron chi connectivity index (χ0n) is 5.92. The molecule has 1 fully saturated rings. The molecule has 10 heavy (non-hydrogen) atoms. The molecule has 1 saturated carbocycles. The highest BCUT2D eigenvalue weighted by Gasteiger charge is 2.22. The van der Waals surface area contributed by atoms with E-state index in [0.29, 0.717) is 0 Å². The summed E-state index contributed by atoms with van der Waals surface area (Å²) in [6, 6.07) is 0. The van der Waals surface area contributed by atoms with Gasteiger partial charge in [0.2, 0.25) is 0 Å². The van der Waals surface area contributed by atoms with Crippen molar-refractivity contribution in [3.63, 3.8) is 0 Å². The molecule has 0 aromatic rings. The molecule has 53 valence electrons. The third kappa shape index (κ3) is 1.66. The molecule has 2 rings (SSSR count). The lowest BCUT2D eigenvalue weighted by molar-refractivity contribution is 1.26. The predicted octanol–water partition coefficient (Wildman–Crippen LogP) is 2.93. The topological polar surface area (TPSA) is 0 Å². The molecule has 0 heterocycles. The lowest BCUT2D eigenvalue weighted by atomic mass is 10.2. The minimum atomic E-state index is 0.953. The van der Waals surface area contributed by atoms with Gasteiger partial charge in [-0.15, -0.1) is 11.8 Å². The highest BCUT2D eigenvalue weighted by atomic mass is 32.2. The van der Waals surface area contributed by atoms with Gasteiger partial charge in [-0.25, -0.2) is 0 Å². The molecular formula is C9H11S. The monoisotopic (exact) mass is 151 g/mol. The van der Waals surface area contributed by atoms with Crippen molar-refractivity contribution in [1.82, 2.24) is 0 Å². The highest BCUT2D eigenvalue weighted by Crippen LogP contribution is 2.39. The van der Waals surface area contributed by atoms with Gasteiger partial charge in [-0.2, -0.15) is 0 Å². The number of hydrogen-bond acceptors (Lipinski definition) is 1. The van der Waals surface area contributed by atoms with Crippen LogP contribution in [0.15, 0.2) is 23.1 Å². The molecule has 0 bridgehead atoms. The molecule has 1 heteroatoms. The maximum Gasteiger partial charge on any atom is 0.00950 e. The van der Waals surface area contributed by atoms with Gasteiger partial charge in [0.25, 0.3) is 0 Å². The van der Waals surface area contributed by atoms with E-state index in [2.05, 4.69) is 24.6 Å². The van der Waals surface area contributed by atoms with Crippen LogP contribution in [0.5, 0.6) is 0 Å². The lowest BCUT2D eigenvalue weighted by Gasteiger charge is -2.03. The van der Waals surface area contributed by atoms with Crippen LogP contribution in [-0.2, 0) is 0 Å². The van der Waals surface area contributed by atoms with Crippen molar-refractivity contribution >= 4 is 11.8 Å². The van der Waals surface area contributed by atoms with E-state index in [9.17, 15) is 0 Å². The molecule has 0 aromatic heterocycles. The van der Waals surface area contributed by atoms with E-state index in [1.807, 2.05) is 11.8 Å². The molecule has 2 aliphatic carbocycles. The van der Waals surface area contributed by atoms with Crippen molar-refractivity contribution in [2.24, 2.45) is 0 Å². The van der Waals surface area contributed by atoms with Crippen LogP contribution in [0.25, 0.3) is 0 Å². The Morgan fingerprint density at radius 3 is 2.90 bits per heavy atom. The maximum absolute atomic E-state index is 2.31. The first-order valence-corrected chi connectivity index (χ1v) is 4.70. The Labute approximate surface area is 66.4 Å². The summed E-state index contributed by atoms with van der Waals surface area (Å²) >= 11 is 2.04. The third-order valence-corrected chi connectivity index (χ3v) is 3.06. The summed E-state index contributed by atoms with van der Waals surface area (Å²) in [5, 5.41) is 0.953. The first-order valence-electron chi connectivity index (χ1n) is 3.82. The average Bonchev–Trinajstić information content (AvgIpc) is 2.74. The Hall–Kier alpha value is -0.170. The Kier molecular flexibility index (Phi) is 1.85. The normalized spacial score (nSPS) is 24.6. The Bertz CT molecular complexity index is 175. The standard InChI is InChI=1S/C9H11S/c1-2-4-8(5-3-1)10-9-6-7-9/h1-2,4-5,9H,3,6-7H2. The molecule has 1 radical (unpaired) electrons. The summed E-state index contributed by atoms with van der Waals surface area (Å²) in [7, 11) is 0. The summed E-state index contributed by atoms with van der Waals surface area (Å²) < 4.78 is 0. The second-order valence-electron chi connectivity index (χ2n) is 2.75. The van der Waals surface area contributed by atoms with E-state index in [-0.39, 0.29) is 0 Å². The van der Waals surface area contributed by atoms with Gasteiger partial charge in [-0.05, 0) is 25.7 Å². The molecule has 2 aliphatic rings. The zero-order valence-corrected chi connectivity index (χ0v) is 6.73. The molecule has 0 saturated heterocycles. The van der Waals surface area contributed by atoms with Crippen molar-refractivity contribution in [2.45, 2.75) is 24.5 Å². The summed E-state index contributed by atoms with van der Waals surface area (Å²) in [5.74, 6) is 0. The van der Waals surface area contributed by atoms with E-state index in [0.717, 1.165) is 11.7 Å². The van der Waals surface area contributed by atoms with E-state index in [1.54, 1.807) is 0 Å². The third-order valence-electron chi connectivity index (χ3n) is 1.68.